The molecule has 0 saturated carbocycles. The van der Waals surface area contributed by atoms with E-state index >= 15 is 0 Å². The van der Waals surface area contributed by atoms with Gasteiger partial charge in [0, 0.05) is 19.0 Å². The number of primary amides is 1. The number of nitrogens with zero attached hydrogens (tertiary/aromatic N) is 1. The molecule has 1 saturated heterocycles. The Labute approximate surface area is 103 Å². The van der Waals surface area contributed by atoms with Gasteiger partial charge in [-0.05, 0) is 11.0 Å². The van der Waals surface area contributed by atoms with Gasteiger partial charge >= 0.3 is 0 Å². The Bertz CT molecular complexity index is 400. The van der Waals surface area contributed by atoms with Gasteiger partial charge in [-0.1, -0.05) is 44.2 Å². The quantitative estimate of drug-likeness (QED) is 0.860. The second-order valence-corrected chi connectivity index (χ2v) is 5.59. The summed E-state index contributed by atoms with van der Waals surface area (Å²) in [7, 11) is 0. The van der Waals surface area contributed by atoms with Crippen LogP contribution < -0.4 is 5.73 Å². The van der Waals surface area contributed by atoms with Crippen molar-refractivity contribution in [3.05, 3.63) is 35.9 Å². The third-order valence-electron chi connectivity index (χ3n) is 3.60. The molecule has 1 amide bonds. The summed E-state index contributed by atoms with van der Waals surface area (Å²) in [6, 6.07) is 10.5. The molecule has 1 aromatic carbocycles. The Morgan fingerprint density at radius 3 is 2.65 bits per heavy atom. The van der Waals surface area contributed by atoms with Gasteiger partial charge in [-0.15, -0.1) is 0 Å². The van der Waals surface area contributed by atoms with Gasteiger partial charge in [0.1, 0.15) is 0 Å². The second kappa shape index (κ2) is 4.49. The van der Waals surface area contributed by atoms with E-state index in [0.29, 0.717) is 12.5 Å². The lowest BCUT2D eigenvalue weighted by Gasteiger charge is -2.26. The van der Waals surface area contributed by atoms with Gasteiger partial charge in [-0.3, -0.25) is 9.69 Å². The SMILES string of the molecule is CC1(C)CN(CC(N)=O)CC1c1ccccc1. The van der Waals surface area contributed by atoms with E-state index in [2.05, 4.69) is 43.0 Å². The fraction of sp³-hybridized carbons (Fsp3) is 0.500. The zero-order valence-corrected chi connectivity index (χ0v) is 10.5. The molecule has 0 aromatic heterocycles. The van der Waals surface area contributed by atoms with E-state index in [-0.39, 0.29) is 11.3 Å². The fourth-order valence-corrected chi connectivity index (χ4v) is 2.84. The standard InChI is InChI=1S/C14H20N2O/c1-14(2)10-16(9-13(15)17)8-12(14)11-6-4-3-5-7-11/h3-7,12H,8-10H2,1-2H3,(H2,15,17). The van der Waals surface area contributed by atoms with Crippen molar-refractivity contribution in [2.75, 3.05) is 19.6 Å². The Balaban J connectivity index is 2.16. The van der Waals surface area contributed by atoms with Crippen LogP contribution >= 0.6 is 0 Å². The van der Waals surface area contributed by atoms with Crippen LogP contribution in [0.2, 0.25) is 0 Å². The van der Waals surface area contributed by atoms with E-state index in [1.54, 1.807) is 0 Å². The van der Waals surface area contributed by atoms with Crippen molar-refractivity contribution in [2.24, 2.45) is 11.1 Å². The molecule has 1 aliphatic heterocycles. The maximum absolute atomic E-state index is 11.0. The van der Waals surface area contributed by atoms with E-state index in [4.69, 9.17) is 5.73 Å². The van der Waals surface area contributed by atoms with E-state index in [9.17, 15) is 4.79 Å². The first-order valence-electron chi connectivity index (χ1n) is 6.04. The molecule has 3 heteroatoms. The van der Waals surface area contributed by atoms with Crippen LogP contribution in [0.15, 0.2) is 30.3 Å². The molecule has 1 atom stereocenters. The molecule has 1 aromatic rings. The highest BCUT2D eigenvalue weighted by Gasteiger charge is 2.40. The summed E-state index contributed by atoms with van der Waals surface area (Å²) in [6.45, 7) is 6.72. The summed E-state index contributed by atoms with van der Waals surface area (Å²) >= 11 is 0. The molecule has 0 radical (unpaired) electrons. The predicted molar refractivity (Wildman–Crippen MR) is 68.6 cm³/mol. The smallest absolute Gasteiger partial charge is 0.231 e. The molecule has 0 aliphatic carbocycles. The van der Waals surface area contributed by atoms with Crippen LogP contribution in [0.4, 0.5) is 0 Å². The van der Waals surface area contributed by atoms with Gasteiger partial charge in [-0.25, -0.2) is 0 Å². The summed E-state index contributed by atoms with van der Waals surface area (Å²) in [6.07, 6.45) is 0. The molecular weight excluding hydrogens is 212 g/mol. The number of benzene rings is 1. The summed E-state index contributed by atoms with van der Waals surface area (Å²) in [5.74, 6) is 0.234. The molecule has 1 unspecified atom stereocenters. The lowest BCUT2D eigenvalue weighted by molar-refractivity contribution is -0.118. The number of hydrogen-bond donors (Lipinski definition) is 1. The molecule has 1 aliphatic rings. The highest BCUT2D eigenvalue weighted by atomic mass is 16.1. The lowest BCUT2D eigenvalue weighted by atomic mass is 9.78. The molecule has 3 nitrogen and oxygen atoms in total. The first kappa shape index (κ1) is 12.1. The van der Waals surface area contributed by atoms with E-state index < -0.39 is 0 Å². The van der Waals surface area contributed by atoms with Crippen LogP contribution in [-0.4, -0.2) is 30.4 Å². The molecule has 2 rings (SSSR count). The van der Waals surface area contributed by atoms with Crippen molar-refractivity contribution >= 4 is 5.91 Å². The molecule has 2 N–H and O–H groups in total. The Kier molecular flexibility index (Phi) is 3.20. The first-order valence-corrected chi connectivity index (χ1v) is 6.04. The number of nitrogens with two attached hydrogens (primary N) is 1. The molecular formula is C14H20N2O. The second-order valence-electron chi connectivity index (χ2n) is 5.59. The van der Waals surface area contributed by atoms with Crippen molar-refractivity contribution in [1.82, 2.24) is 4.90 Å². The molecule has 1 fully saturated rings. The maximum Gasteiger partial charge on any atom is 0.231 e. The van der Waals surface area contributed by atoms with Crippen molar-refractivity contribution < 1.29 is 4.79 Å². The Hall–Kier alpha value is -1.35. The van der Waals surface area contributed by atoms with E-state index in [1.807, 2.05) is 6.07 Å². The number of carbonyl (C=O) groups excluding carboxylic acids is 1. The minimum atomic E-state index is -0.241. The Morgan fingerprint density at radius 2 is 2.06 bits per heavy atom. The Morgan fingerprint density at radius 1 is 1.41 bits per heavy atom. The summed E-state index contributed by atoms with van der Waals surface area (Å²) in [5.41, 5.74) is 6.81. The minimum absolute atomic E-state index is 0.191. The van der Waals surface area contributed by atoms with Gasteiger partial charge in [0.05, 0.1) is 6.54 Å². The third-order valence-corrected chi connectivity index (χ3v) is 3.60. The highest BCUT2D eigenvalue weighted by molar-refractivity contribution is 5.76. The highest BCUT2D eigenvalue weighted by Crippen LogP contribution is 2.41. The number of likely N-dealkylation sites (tertiary alicyclic amines) is 1. The predicted octanol–water partition coefficient (Wildman–Crippen LogP) is 1.60. The monoisotopic (exact) mass is 232 g/mol. The zero-order valence-electron chi connectivity index (χ0n) is 10.5. The molecule has 0 bridgehead atoms. The van der Waals surface area contributed by atoms with Crippen LogP contribution in [0.3, 0.4) is 0 Å². The van der Waals surface area contributed by atoms with Crippen LogP contribution in [0.5, 0.6) is 0 Å². The van der Waals surface area contributed by atoms with Gasteiger partial charge < -0.3 is 5.73 Å². The average Bonchev–Trinajstić information content (AvgIpc) is 2.53. The van der Waals surface area contributed by atoms with Gasteiger partial charge in [-0.2, -0.15) is 0 Å². The fourth-order valence-electron chi connectivity index (χ4n) is 2.84. The van der Waals surface area contributed by atoms with Crippen molar-refractivity contribution in [2.45, 2.75) is 19.8 Å². The normalized spacial score (nSPS) is 23.8. The van der Waals surface area contributed by atoms with Crippen molar-refractivity contribution in [1.29, 1.82) is 0 Å². The largest absolute Gasteiger partial charge is 0.369 e. The molecule has 92 valence electrons. The topological polar surface area (TPSA) is 46.3 Å². The van der Waals surface area contributed by atoms with Gasteiger partial charge in [0.25, 0.3) is 0 Å². The third kappa shape index (κ3) is 2.67. The number of carbonyl (C=O) groups is 1. The van der Waals surface area contributed by atoms with Crippen LogP contribution in [0.1, 0.15) is 25.3 Å². The molecule has 1 heterocycles. The number of amides is 1. The van der Waals surface area contributed by atoms with Crippen LogP contribution in [0.25, 0.3) is 0 Å². The summed E-state index contributed by atoms with van der Waals surface area (Å²) in [5, 5.41) is 0. The van der Waals surface area contributed by atoms with E-state index in [1.165, 1.54) is 5.56 Å². The van der Waals surface area contributed by atoms with E-state index in [0.717, 1.165) is 13.1 Å². The number of hydrogen-bond acceptors (Lipinski definition) is 2. The van der Waals surface area contributed by atoms with Crippen molar-refractivity contribution in [3.63, 3.8) is 0 Å². The summed E-state index contributed by atoms with van der Waals surface area (Å²) in [4.78, 5) is 13.1. The van der Waals surface area contributed by atoms with Gasteiger partial charge in [0.2, 0.25) is 5.91 Å². The van der Waals surface area contributed by atoms with Crippen molar-refractivity contribution in [3.8, 4) is 0 Å². The maximum atomic E-state index is 11.0. The van der Waals surface area contributed by atoms with Crippen LogP contribution in [-0.2, 0) is 4.79 Å². The van der Waals surface area contributed by atoms with Crippen LogP contribution in [0, 0.1) is 5.41 Å². The first-order chi connectivity index (χ1) is 7.99. The zero-order chi connectivity index (χ0) is 12.5. The molecule has 17 heavy (non-hydrogen) atoms. The van der Waals surface area contributed by atoms with Gasteiger partial charge in [0.15, 0.2) is 0 Å². The summed E-state index contributed by atoms with van der Waals surface area (Å²) < 4.78 is 0. The molecule has 0 spiro atoms. The lowest BCUT2D eigenvalue weighted by Crippen LogP contribution is -2.33. The number of rotatable bonds is 3. The average molecular weight is 232 g/mol. The minimum Gasteiger partial charge on any atom is -0.369 e.